The van der Waals surface area contributed by atoms with Crippen molar-refractivity contribution in [2.75, 3.05) is 13.2 Å². The summed E-state index contributed by atoms with van der Waals surface area (Å²) in [5, 5.41) is 18.8. The maximum Gasteiger partial charge on any atom is 0.330 e. The largest absolute Gasteiger partial charge is 0.396 e. The molecule has 0 spiro atoms. The molecule has 0 aromatic carbocycles. The number of aliphatic hydroxyl groups is 2. The van der Waals surface area contributed by atoms with Crippen LogP contribution in [-0.2, 0) is 4.74 Å². The zero-order valence-electron chi connectivity index (χ0n) is 9.29. The summed E-state index contributed by atoms with van der Waals surface area (Å²) < 4.78 is 6.40. The Bertz CT molecular complexity index is 520. The summed E-state index contributed by atoms with van der Waals surface area (Å²) in [6, 6.07) is 0. The van der Waals surface area contributed by atoms with Crippen molar-refractivity contribution in [2.24, 2.45) is 5.92 Å². The summed E-state index contributed by atoms with van der Waals surface area (Å²) in [7, 11) is 0. The molecular weight excluding hydrogens is 228 g/mol. The maximum atomic E-state index is 11.6. The van der Waals surface area contributed by atoms with Crippen LogP contribution in [0, 0.1) is 12.8 Å². The van der Waals surface area contributed by atoms with Gasteiger partial charge in [0.1, 0.15) is 6.10 Å². The average molecular weight is 242 g/mol. The van der Waals surface area contributed by atoms with Crippen LogP contribution in [0.4, 0.5) is 0 Å². The third-order valence-electron chi connectivity index (χ3n) is 2.91. The number of aliphatic hydroxyl groups excluding tert-OH is 2. The highest BCUT2D eigenvalue weighted by atomic mass is 16.5. The summed E-state index contributed by atoms with van der Waals surface area (Å²) in [5.74, 6) is -0.417. The second kappa shape index (κ2) is 4.44. The first-order valence-corrected chi connectivity index (χ1v) is 5.27. The Balaban J connectivity index is 2.39. The lowest BCUT2D eigenvalue weighted by Gasteiger charge is -2.18. The van der Waals surface area contributed by atoms with Gasteiger partial charge in [-0.1, -0.05) is 0 Å². The average Bonchev–Trinajstić information content (AvgIpc) is 2.65. The molecule has 17 heavy (non-hydrogen) atoms. The molecule has 1 aromatic rings. The second-order valence-corrected chi connectivity index (χ2v) is 4.14. The predicted octanol–water partition coefficient (Wildman–Crippen LogP) is -1.66. The lowest BCUT2D eigenvalue weighted by molar-refractivity contribution is -0.0163. The Kier molecular flexibility index (Phi) is 3.14. The fraction of sp³-hybridized carbons (Fsp3) is 0.600. The molecule has 3 N–H and O–H groups in total. The molecule has 1 fully saturated rings. The predicted molar refractivity (Wildman–Crippen MR) is 57.6 cm³/mol. The maximum absolute atomic E-state index is 11.6. The van der Waals surface area contributed by atoms with Crippen molar-refractivity contribution in [1.29, 1.82) is 0 Å². The number of aromatic amines is 1. The summed E-state index contributed by atoms with van der Waals surface area (Å²) in [6.45, 7) is 1.52. The Hall–Kier alpha value is -1.44. The first kappa shape index (κ1) is 12.0. The number of hydrogen-bond acceptors (Lipinski definition) is 5. The fourth-order valence-corrected chi connectivity index (χ4v) is 1.83. The number of hydrogen-bond donors (Lipinski definition) is 3. The van der Waals surface area contributed by atoms with Gasteiger partial charge in [-0.25, -0.2) is 4.79 Å². The van der Waals surface area contributed by atoms with E-state index in [4.69, 9.17) is 9.84 Å². The smallest absolute Gasteiger partial charge is 0.330 e. The molecule has 0 unspecified atom stereocenters. The van der Waals surface area contributed by atoms with Gasteiger partial charge in [0, 0.05) is 17.7 Å². The van der Waals surface area contributed by atoms with Crippen molar-refractivity contribution in [3.8, 4) is 0 Å². The topological polar surface area (TPSA) is 105 Å². The van der Waals surface area contributed by atoms with Crippen molar-refractivity contribution in [3.05, 3.63) is 32.6 Å². The van der Waals surface area contributed by atoms with Gasteiger partial charge in [0.2, 0.25) is 0 Å². The quantitative estimate of drug-likeness (QED) is 0.576. The molecule has 2 heterocycles. The first-order valence-electron chi connectivity index (χ1n) is 5.27. The molecule has 7 nitrogen and oxygen atoms in total. The van der Waals surface area contributed by atoms with Gasteiger partial charge in [-0.15, -0.1) is 0 Å². The molecule has 7 heteroatoms. The van der Waals surface area contributed by atoms with Gasteiger partial charge in [0.05, 0.1) is 13.2 Å². The Morgan fingerprint density at radius 1 is 1.59 bits per heavy atom. The number of ether oxygens (including phenoxy) is 1. The van der Waals surface area contributed by atoms with E-state index in [1.165, 1.54) is 6.20 Å². The molecule has 0 bridgehead atoms. The van der Waals surface area contributed by atoms with E-state index in [0.717, 1.165) is 4.57 Å². The minimum absolute atomic E-state index is 0.174. The molecule has 0 saturated carbocycles. The van der Waals surface area contributed by atoms with Gasteiger partial charge >= 0.3 is 5.69 Å². The lowest BCUT2D eigenvalue weighted by atomic mass is 10.1. The Morgan fingerprint density at radius 3 is 2.88 bits per heavy atom. The first-order chi connectivity index (χ1) is 8.04. The van der Waals surface area contributed by atoms with Crippen molar-refractivity contribution >= 4 is 0 Å². The second-order valence-electron chi connectivity index (χ2n) is 4.14. The SMILES string of the molecule is Cc1cn([C@@H]2OC[C@H](CO)[C@H]2O)c(=O)[nH]c1=O. The lowest BCUT2D eigenvalue weighted by Crippen LogP contribution is -2.37. The van der Waals surface area contributed by atoms with Crippen LogP contribution in [0.25, 0.3) is 0 Å². The van der Waals surface area contributed by atoms with E-state index >= 15 is 0 Å². The van der Waals surface area contributed by atoms with Crippen LogP contribution in [0.15, 0.2) is 15.8 Å². The van der Waals surface area contributed by atoms with Gasteiger partial charge in [0.15, 0.2) is 6.23 Å². The number of nitrogens with one attached hydrogen (secondary N) is 1. The highest BCUT2D eigenvalue weighted by Crippen LogP contribution is 2.26. The zero-order valence-corrected chi connectivity index (χ0v) is 9.29. The van der Waals surface area contributed by atoms with Crippen LogP contribution in [0.1, 0.15) is 11.8 Å². The van der Waals surface area contributed by atoms with Crippen LogP contribution in [0.2, 0.25) is 0 Å². The third kappa shape index (κ3) is 2.04. The third-order valence-corrected chi connectivity index (χ3v) is 2.91. The number of H-pyrrole nitrogens is 1. The van der Waals surface area contributed by atoms with Gasteiger partial charge in [-0.05, 0) is 6.92 Å². The van der Waals surface area contributed by atoms with Crippen LogP contribution >= 0.6 is 0 Å². The summed E-state index contributed by atoms with van der Waals surface area (Å²) in [6.07, 6.45) is -0.493. The molecule has 0 aliphatic carbocycles. The molecule has 94 valence electrons. The van der Waals surface area contributed by atoms with Crippen molar-refractivity contribution in [3.63, 3.8) is 0 Å². The van der Waals surface area contributed by atoms with Gasteiger partial charge in [-0.2, -0.15) is 0 Å². The number of nitrogens with zero attached hydrogens (tertiary/aromatic N) is 1. The summed E-state index contributed by atoms with van der Waals surface area (Å²) in [4.78, 5) is 24.9. The Morgan fingerprint density at radius 2 is 2.29 bits per heavy atom. The van der Waals surface area contributed by atoms with Crippen LogP contribution in [0.3, 0.4) is 0 Å². The van der Waals surface area contributed by atoms with E-state index in [9.17, 15) is 14.7 Å². The van der Waals surface area contributed by atoms with E-state index in [0.29, 0.717) is 5.56 Å². The van der Waals surface area contributed by atoms with Gasteiger partial charge in [0.25, 0.3) is 5.56 Å². The highest BCUT2D eigenvalue weighted by Gasteiger charge is 2.37. The minimum atomic E-state index is -0.969. The normalized spacial score (nSPS) is 28.5. The van der Waals surface area contributed by atoms with Crippen molar-refractivity contribution in [2.45, 2.75) is 19.3 Å². The molecule has 0 radical (unpaired) electrons. The molecule has 1 aliphatic rings. The molecule has 2 rings (SSSR count). The highest BCUT2D eigenvalue weighted by molar-refractivity contribution is 5.02. The van der Waals surface area contributed by atoms with Crippen LogP contribution < -0.4 is 11.2 Å². The number of aromatic nitrogens is 2. The fourth-order valence-electron chi connectivity index (χ4n) is 1.83. The van der Waals surface area contributed by atoms with Crippen LogP contribution in [0.5, 0.6) is 0 Å². The summed E-state index contributed by atoms with van der Waals surface area (Å²) >= 11 is 0. The molecule has 1 saturated heterocycles. The number of rotatable bonds is 2. The van der Waals surface area contributed by atoms with E-state index in [1.54, 1.807) is 6.92 Å². The van der Waals surface area contributed by atoms with E-state index in [2.05, 4.69) is 4.98 Å². The minimum Gasteiger partial charge on any atom is -0.396 e. The standard InChI is InChI=1S/C10H14N2O5/c1-5-2-12(10(16)11-8(5)15)9-7(14)6(3-13)4-17-9/h2,6-7,9,13-14H,3-4H2,1H3,(H,11,15,16)/t6-,7+,9+/m0/s1. The van der Waals surface area contributed by atoms with Gasteiger partial charge in [-0.3, -0.25) is 14.3 Å². The summed E-state index contributed by atoms with van der Waals surface area (Å²) in [5.41, 5.74) is -0.742. The molecule has 1 aromatic heterocycles. The van der Waals surface area contributed by atoms with Crippen LogP contribution in [-0.4, -0.2) is 39.1 Å². The van der Waals surface area contributed by atoms with Crippen molar-refractivity contribution < 1.29 is 14.9 Å². The molecule has 3 atom stereocenters. The molecule has 1 aliphatic heterocycles. The zero-order chi connectivity index (χ0) is 12.6. The monoisotopic (exact) mass is 242 g/mol. The van der Waals surface area contributed by atoms with E-state index < -0.39 is 29.5 Å². The molecule has 0 amide bonds. The number of aryl methyl sites for hydroxylation is 1. The Labute approximate surface area is 96.3 Å². The van der Waals surface area contributed by atoms with E-state index in [-0.39, 0.29) is 13.2 Å². The van der Waals surface area contributed by atoms with Gasteiger partial charge < -0.3 is 14.9 Å². The van der Waals surface area contributed by atoms with E-state index in [1.807, 2.05) is 0 Å². The molecular formula is C10H14N2O5. The van der Waals surface area contributed by atoms with Crippen molar-refractivity contribution in [1.82, 2.24) is 9.55 Å².